The van der Waals surface area contributed by atoms with Crippen molar-refractivity contribution in [2.24, 2.45) is 7.05 Å². The largest absolute Gasteiger partial charge is 0.306 e. The Bertz CT molecular complexity index is 525. The first-order valence-electron chi connectivity index (χ1n) is 6.91. The molecule has 0 aliphatic carbocycles. The average molecular weight is 257 g/mol. The van der Waals surface area contributed by atoms with E-state index < -0.39 is 0 Å². The lowest BCUT2D eigenvalue weighted by atomic mass is 10.1. The lowest BCUT2D eigenvalue weighted by Gasteiger charge is -2.13. The molecule has 19 heavy (non-hydrogen) atoms. The maximum Gasteiger partial charge on any atom is 0.0641 e. The summed E-state index contributed by atoms with van der Waals surface area (Å²) in [5.74, 6) is 0. The Hall–Kier alpha value is -1.61. The van der Waals surface area contributed by atoms with E-state index in [0.717, 1.165) is 18.7 Å². The predicted molar refractivity (Wildman–Crippen MR) is 79.0 cm³/mol. The van der Waals surface area contributed by atoms with Crippen LogP contribution >= 0.6 is 0 Å². The van der Waals surface area contributed by atoms with E-state index in [4.69, 9.17) is 0 Å². The fourth-order valence-electron chi connectivity index (χ4n) is 2.32. The second-order valence-electron chi connectivity index (χ2n) is 5.12. The van der Waals surface area contributed by atoms with Gasteiger partial charge in [-0.1, -0.05) is 31.2 Å². The molecular weight excluding hydrogens is 234 g/mol. The van der Waals surface area contributed by atoms with E-state index in [0.29, 0.717) is 6.04 Å². The fourth-order valence-corrected chi connectivity index (χ4v) is 2.32. The Morgan fingerprint density at radius 2 is 1.84 bits per heavy atom. The topological polar surface area (TPSA) is 29.9 Å². The van der Waals surface area contributed by atoms with E-state index >= 15 is 0 Å². The van der Waals surface area contributed by atoms with Crippen LogP contribution in [0.5, 0.6) is 0 Å². The monoisotopic (exact) mass is 257 g/mol. The Balaban J connectivity index is 1.96. The van der Waals surface area contributed by atoms with Gasteiger partial charge in [-0.25, -0.2) is 0 Å². The molecule has 1 N–H and O–H groups in total. The first kappa shape index (κ1) is 13.8. The minimum absolute atomic E-state index is 0.319. The van der Waals surface area contributed by atoms with E-state index in [2.05, 4.69) is 61.6 Å². The lowest BCUT2D eigenvalue weighted by molar-refractivity contribution is 0.572. The zero-order valence-corrected chi connectivity index (χ0v) is 12.3. The van der Waals surface area contributed by atoms with Crippen LogP contribution in [0.2, 0.25) is 0 Å². The Labute approximate surface area is 115 Å². The van der Waals surface area contributed by atoms with E-state index in [9.17, 15) is 0 Å². The van der Waals surface area contributed by atoms with Crippen molar-refractivity contribution in [3.05, 3.63) is 52.8 Å². The molecule has 0 aliphatic heterocycles. The number of nitrogens with zero attached hydrogens (tertiary/aromatic N) is 2. The van der Waals surface area contributed by atoms with Gasteiger partial charge in [-0.05, 0) is 31.4 Å². The summed E-state index contributed by atoms with van der Waals surface area (Å²) in [7, 11) is 1.96. The van der Waals surface area contributed by atoms with E-state index in [1.165, 1.54) is 16.7 Å². The van der Waals surface area contributed by atoms with Crippen molar-refractivity contribution in [3.8, 4) is 0 Å². The fraction of sp³-hybridized carbons (Fsp3) is 0.438. The number of hydrogen-bond acceptors (Lipinski definition) is 2. The quantitative estimate of drug-likeness (QED) is 0.891. The summed E-state index contributed by atoms with van der Waals surface area (Å²) in [5.41, 5.74) is 5.09. The van der Waals surface area contributed by atoms with Gasteiger partial charge in [0.05, 0.1) is 5.69 Å². The van der Waals surface area contributed by atoms with Crippen molar-refractivity contribution in [2.75, 3.05) is 0 Å². The predicted octanol–water partition coefficient (Wildman–Crippen LogP) is 3.14. The van der Waals surface area contributed by atoms with Crippen LogP contribution in [0.3, 0.4) is 0 Å². The zero-order chi connectivity index (χ0) is 13.8. The molecule has 1 unspecified atom stereocenters. The van der Waals surface area contributed by atoms with E-state index in [-0.39, 0.29) is 0 Å². The third-order valence-electron chi connectivity index (χ3n) is 3.56. The first-order chi connectivity index (χ1) is 9.10. The normalized spacial score (nSPS) is 12.6. The zero-order valence-electron chi connectivity index (χ0n) is 12.3. The summed E-state index contributed by atoms with van der Waals surface area (Å²) in [6, 6.07) is 9.14. The van der Waals surface area contributed by atoms with Gasteiger partial charge in [-0.15, -0.1) is 0 Å². The van der Waals surface area contributed by atoms with Crippen LogP contribution in [-0.2, 0) is 20.0 Å². The molecule has 0 saturated carbocycles. The highest BCUT2D eigenvalue weighted by Crippen LogP contribution is 2.16. The van der Waals surface area contributed by atoms with Crippen molar-refractivity contribution in [3.63, 3.8) is 0 Å². The number of aryl methyl sites for hydroxylation is 3. The number of hydrogen-bond donors (Lipinski definition) is 1. The van der Waals surface area contributed by atoms with Gasteiger partial charge in [0, 0.05) is 31.4 Å². The Morgan fingerprint density at radius 3 is 2.37 bits per heavy atom. The van der Waals surface area contributed by atoms with Crippen molar-refractivity contribution >= 4 is 0 Å². The van der Waals surface area contributed by atoms with Gasteiger partial charge in [0.1, 0.15) is 0 Å². The summed E-state index contributed by atoms with van der Waals surface area (Å²) in [5, 5.41) is 7.94. The summed E-state index contributed by atoms with van der Waals surface area (Å²) in [4.78, 5) is 0. The lowest BCUT2D eigenvalue weighted by Crippen LogP contribution is -2.18. The number of nitrogens with one attached hydrogen (secondary N) is 1. The van der Waals surface area contributed by atoms with Crippen LogP contribution in [0.25, 0.3) is 0 Å². The Morgan fingerprint density at radius 1 is 1.21 bits per heavy atom. The molecule has 1 aromatic carbocycles. The van der Waals surface area contributed by atoms with Crippen LogP contribution in [-0.4, -0.2) is 9.78 Å². The second-order valence-corrected chi connectivity index (χ2v) is 5.12. The average Bonchev–Trinajstić information content (AvgIpc) is 2.75. The first-order valence-corrected chi connectivity index (χ1v) is 6.91. The highest BCUT2D eigenvalue weighted by Gasteiger charge is 2.10. The molecule has 1 atom stereocenters. The highest BCUT2D eigenvalue weighted by atomic mass is 15.3. The van der Waals surface area contributed by atoms with Crippen LogP contribution in [0.4, 0.5) is 0 Å². The molecule has 102 valence electrons. The molecular formula is C16H23N3. The molecule has 1 aromatic heterocycles. The van der Waals surface area contributed by atoms with Crippen molar-refractivity contribution < 1.29 is 0 Å². The van der Waals surface area contributed by atoms with E-state index in [1.54, 1.807) is 0 Å². The van der Waals surface area contributed by atoms with Crippen molar-refractivity contribution in [1.82, 2.24) is 15.1 Å². The molecule has 2 rings (SSSR count). The molecule has 0 radical (unpaired) electrons. The molecule has 0 amide bonds. The van der Waals surface area contributed by atoms with E-state index in [1.807, 2.05) is 11.7 Å². The van der Waals surface area contributed by atoms with Crippen LogP contribution in [0.15, 0.2) is 30.5 Å². The van der Waals surface area contributed by atoms with Gasteiger partial charge in [0.25, 0.3) is 0 Å². The van der Waals surface area contributed by atoms with Gasteiger partial charge >= 0.3 is 0 Å². The van der Waals surface area contributed by atoms with Gasteiger partial charge in [-0.2, -0.15) is 5.10 Å². The summed E-state index contributed by atoms with van der Waals surface area (Å²) < 4.78 is 1.87. The maximum absolute atomic E-state index is 4.39. The van der Waals surface area contributed by atoms with Crippen LogP contribution < -0.4 is 5.32 Å². The maximum atomic E-state index is 4.39. The molecule has 0 fully saturated rings. The smallest absolute Gasteiger partial charge is 0.0641 e. The van der Waals surface area contributed by atoms with Gasteiger partial charge < -0.3 is 5.32 Å². The number of rotatable bonds is 5. The third kappa shape index (κ3) is 3.44. The van der Waals surface area contributed by atoms with Crippen LogP contribution in [0.1, 0.15) is 42.3 Å². The van der Waals surface area contributed by atoms with Crippen LogP contribution in [0, 0.1) is 6.92 Å². The molecule has 0 bridgehead atoms. The summed E-state index contributed by atoms with van der Waals surface area (Å²) in [6.45, 7) is 7.31. The molecule has 3 nitrogen and oxygen atoms in total. The molecule has 1 heterocycles. The number of benzene rings is 1. The minimum atomic E-state index is 0.319. The molecule has 2 aromatic rings. The van der Waals surface area contributed by atoms with Gasteiger partial charge in [0.2, 0.25) is 0 Å². The third-order valence-corrected chi connectivity index (χ3v) is 3.56. The van der Waals surface area contributed by atoms with Crippen molar-refractivity contribution in [2.45, 2.75) is 39.8 Å². The standard InChI is InChI=1S/C16H23N3/c1-5-14-6-8-15(9-7-14)10-17-12(2)16-11-19(4)18-13(16)3/h6-9,11-12,17H,5,10H2,1-4H3. The molecule has 0 spiro atoms. The Kier molecular flexibility index (Phi) is 4.38. The molecule has 0 aliphatic rings. The second kappa shape index (κ2) is 6.02. The van der Waals surface area contributed by atoms with Gasteiger partial charge in [0.15, 0.2) is 0 Å². The molecule has 3 heteroatoms. The SMILES string of the molecule is CCc1ccc(CNC(C)c2cn(C)nc2C)cc1. The van der Waals surface area contributed by atoms with Gasteiger partial charge in [-0.3, -0.25) is 4.68 Å². The summed E-state index contributed by atoms with van der Waals surface area (Å²) in [6.07, 6.45) is 3.19. The van der Waals surface area contributed by atoms with Crippen molar-refractivity contribution in [1.29, 1.82) is 0 Å². The summed E-state index contributed by atoms with van der Waals surface area (Å²) >= 11 is 0. The highest BCUT2D eigenvalue weighted by molar-refractivity contribution is 5.23. The molecule has 0 saturated heterocycles. The minimum Gasteiger partial charge on any atom is -0.306 e. The number of aromatic nitrogens is 2.